The Balaban J connectivity index is 1.79. The van der Waals surface area contributed by atoms with Gasteiger partial charge in [-0.25, -0.2) is 0 Å². The van der Waals surface area contributed by atoms with Crippen LogP contribution in [0.4, 0.5) is 11.4 Å². The highest BCUT2D eigenvalue weighted by atomic mass is 16.6. The van der Waals surface area contributed by atoms with Crippen LogP contribution in [0.3, 0.4) is 0 Å². The number of furan rings is 1. The molecule has 0 aliphatic carbocycles. The highest BCUT2D eigenvalue weighted by molar-refractivity contribution is 5.72. The summed E-state index contributed by atoms with van der Waals surface area (Å²) in [4.78, 5) is 0. The summed E-state index contributed by atoms with van der Waals surface area (Å²) in [5, 5.41) is 3.24. The van der Waals surface area contributed by atoms with Gasteiger partial charge in [0.2, 0.25) is 0 Å². The molecule has 0 saturated carbocycles. The van der Waals surface area contributed by atoms with E-state index < -0.39 is 0 Å². The molecular formula is C13H14N2O3. The summed E-state index contributed by atoms with van der Waals surface area (Å²) in [5.41, 5.74) is 8.50. The van der Waals surface area contributed by atoms with Gasteiger partial charge in [0, 0.05) is 24.2 Å². The maximum absolute atomic E-state index is 5.96. The van der Waals surface area contributed by atoms with Crippen molar-refractivity contribution in [1.29, 1.82) is 0 Å². The Hall–Kier alpha value is -2.30. The van der Waals surface area contributed by atoms with E-state index in [4.69, 9.17) is 19.6 Å². The first kappa shape index (κ1) is 10.8. The number of nitrogens with one attached hydrogen (secondary N) is 1. The summed E-state index contributed by atoms with van der Waals surface area (Å²) in [6, 6.07) is 5.55. The molecule has 0 fully saturated rings. The lowest BCUT2D eigenvalue weighted by Gasteiger charge is -2.20. The van der Waals surface area contributed by atoms with E-state index in [1.54, 1.807) is 18.6 Å². The van der Waals surface area contributed by atoms with Gasteiger partial charge in [-0.3, -0.25) is 0 Å². The van der Waals surface area contributed by atoms with Gasteiger partial charge in [0.25, 0.3) is 0 Å². The molecule has 0 spiro atoms. The fraction of sp³-hybridized carbons (Fsp3) is 0.231. The molecule has 1 aliphatic rings. The Morgan fingerprint density at radius 2 is 1.94 bits per heavy atom. The summed E-state index contributed by atoms with van der Waals surface area (Å²) < 4.78 is 16.0. The van der Waals surface area contributed by atoms with Gasteiger partial charge in [0.05, 0.1) is 23.9 Å². The smallest absolute Gasteiger partial charge is 0.163 e. The van der Waals surface area contributed by atoms with Crippen molar-refractivity contribution in [2.75, 3.05) is 24.3 Å². The van der Waals surface area contributed by atoms with Gasteiger partial charge >= 0.3 is 0 Å². The van der Waals surface area contributed by atoms with Crippen molar-refractivity contribution < 1.29 is 13.9 Å². The molecule has 3 N–H and O–H groups in total. The molecule has 1 aromatic heterocycles. The second-order valence-electron chi connectivity index (χ2n) is 4.07. The lowest BCUT2D eigenvalue weighted by atomic mass is 10.2. The quantitative estimate of drug-likeness (QED) is 0.813. The third-order valence-corrected chi connectivity index (χ3v) is 2.78. The minimum atomic E-state index is 0.564. The summed E-state index contributed by atoms with van der Waals surface area (Å²) in [7, 11) is 0. The highest BCUT2D eigenvalue weighted by Gasteiger charge is 2.14. The Kier molecular flexibility index (Phi) is 2.72. The van der Waals surface area contributed by atoms with E-state index in [9.17, 15) is 0 Å². The van der Waals surface area contributed by atoms with Gasteiger partial charge in [-0.05, 0) is 6.07 Å². The van der Waals surface area contributed by atoms with E-state index in [-0.39, 0.29) is 0 Å². The molecule has 5 nitrogen and oxygen atoms in total. The predicted octanol–water partition coefficient (Wildman–Crippen LogP) is 2.25. The first-order valence-electron chi connectivity index (χ1n) is 5.77. The molecule has 0 atom stereocenters. The van der Waals surface area contributed by atoms with Crippen molar-refractivity contribution in [3.63, 3.8) is 0 Å². The van der Waals surface area contributed by atoms with Crippen LogP contribution in [0.15, 0.2) is 35.1 Å². The molecule has 0 saturated heterocycles. The van der Waals surface area contributed by atoms with Crippen LogP contribution < -0.4 is 20.5 Å². The molecule has 18 heavy (non-hydrogen) atoms. The van der Waals surface area contributed by atoms with E-state index in [2.05, 4.69) is 5.32 Å². The zero-order valence-electron chi connectivity index (χ0n) is 9.81. The fourth-order valence-electron chi connectivity index (χ4n) is 1.85. The number of fused-ring (bicyclic) bond motifs is 1. The van der Waals surface area contributed by atoms with Crippen molar-refractivity contribution in [3.05, 3.63) is 36.3 Å². The molecule has 0 radical (unpaired) electrons. The van der Waals surface area contributed by atoms with Crippen molar-refractivity contribution in [3.8, 4) is 11.5 Å². The molecule has 3 rings (SSSR count). The summed E-state index contributed by atoms with van der Waals surface area (Å²) in [6.07, 6.45) is 3.34. The zero-order valence-corrected chi connectivity index (χ0v) is 9.81. The average molecular weight is 246 g/mol. The highest BCUT2D eigenvalue weighted by Crippen LogP contribution is 2.37. The van der Waals surface area contributed by atoms with Crippen molar-refractivity contribution >= 4 is 11.4 Å². The third-order valence-electron chi connectivity index (χ3n) is 2.78. The molecule has 5 heteroatoms. The van der Waals surface area contributed by atoms with Gasteiger partial charge in [-0.1, -0.05) is 0 Å². The monoisotopic (exact) mass is 246 g/mol. The predicted molar refractivity (Wildman–Crippen MR) is 67.9 cm³/mol. The van der Waals surface area contributed by atoms with E-state index in [0.29, 0.717) is 31.2 Å². The molecule has 0 amide bonds. The number of hydrogen-bond acceptors (Lipinski definition) is 5. The van der Waals surface area contributed by atoms with Crippen LogP contribution in [-0.2, 0) is 6.54 Å². The van der Waals surface area contributed by atoms with Crippen LogP contribution in [0.5, 0.6) is 11.5 Å². The van der Waals surface area contributed by atoms with Crippen LogP contribution in [0.2, 0.25) is 0 Å². The van der Waals surface area contributed by atoms with Gasteiger partial charge in [-0.2, -0.15) is 0 Å². The van der Waals surface area contributed by atoms with E-state index in [0.717, 1.165) is 17.0 Å². The summed E-state index contributed by atoms with van der Waals surface area (Å²) >= 11 is 0. The van der Waals surface area contributed by atoms with Crippen molar-refractivity contribution in [1.82, 2.24) is 0 Å². The second kappa shape index (κ2) is 4.52. The Labute approximate surface area is 104 Å². The van der Waals surface area contributed by atoms with Crippen LogP contribution in [-0.4, -0.2) is 13.2 Å². The molecular weight excluding hydrogens is 232 g/mol. The normalized spacial score (nSPS) is 13.3. The zero-order chi connectivity index (χ0) is 12.4. The lowest BCUT2D eigenvalue weighted by molar-refractivity contribution is 0.172. The lowest BCUT2D eigenvalue weighted by Crippen LogP contribution is -2.16. The number of ether oxygens (including phenoxy) is 2. The van der Waals surface area contributed by atoms with Crippen LogP contribution in [0, 0.1) is 0 Å². The fourth-order valence-corrected chi connectivity index (χ4v) is 1.85. The molecule has 0 unspecified atom stereocenters. The first-order valence-corrected chi connectivity index (χ1v) is 5.77. The summed E-state index contributed by atoms with van der Waals surface area (Å²) in [5.74, 6) is 1.43. The number of nitrogens with two attached hydrogens (primary N) is 1. The molecule has 2 aromatic rings. The van der Waals surface area contributed by atoms with E-state index >= 15 is 0 Å². The minimum absolute atomic E-state index is 0.564. The van der Waals surface area contributed by atoms with E-state index in [1.807, 2.05) is 12.1 Å². The first-order chi connectivity index (χ1) is 8.83. The van der Waals surface area contributed by atoms with Crippen LogP contribution in [0.25, 0.3) is 0 Å². The molecule has 0 bridgehead atoms. The number of benzene rings is 1. The van der Waals surface area contributed by atoms with Crippen molar-refractivity contribution in [2.24, 2.45) is 0 Å². The van der Waals surface area contributed by atoms with E-state index in [1.165, 1.54) is 0 Å². The SMILES string of the molecule is Nc1cc2c(cc1NCc1ccoc1)OCCO2. The molecule has 2 heterocycles. The number of rotatable bonds is 3. The minimum Gasteiger partial charge on any atom is -0.486 e. The second-order valence-corrected chi connectivity index (χ2v) is 4.07. The Morgan fingerprint density at radius 1 is 1.17 bits per heavy atom. The van der Waals surface area contributed by atoms with Gasteiger partial charge in [-0.15, -0.1) is 0 Å². The summed E-state index contributed by atoms with van der Waals surface area (Å²) in [6.45, 7) is 1.78. The van der Waals surface area contributed by atoms with Crippen LogP contribution >= 0.6 is 0 Å². The topological polar surface area (TPSA) is 69.7 Å². The average Bonchev–Trinajstić information content (AvgIpc) is 2.89. The maximum atomic E-state index is 5.96. The number of nitrogen functional groups attached to an aromatic ring is 1. The Morgan fingerprint density at radius 3 is 2.67 bits per heavy atom. The Bertz CT molecular complexity index is 537. The van der Waals surface area contributed by atoms with Gasteiger partial charge in [0.15, 0.2) is 11.5 Å². The molecule has 94 valence electrons. The van der Waals surface area contributed by atoms with Crippen LogP contribution in [0.1, 0.15) is 5.56 Å². The third kappa shape index (κ3) is 2.07. The largest absolute Gasteiger partial charge is 0.486 e. The number of hydrogen-bond donors (Lipinski definition) is 2. The van der Waals surface area contributed by atoms with Gasteiger partial charge in [0.1, 0.15) is 13.2 Å². The number of anilines is 2. The van der Waals surface area contributed by atoms with Gasteiger partial charge < -0.3 is 24.9 Å². The molecule has 1 aromatic carbocycles. The van der Waals surface area contributed by atoms with Crippen molar-refractivity contribution in [2.45, 2.75) is 6.54 Å². The maximum Gasteiger partial charge on any atom is 0.163 e. The standard InChI is InChI=1S/C13H14N2O3/c14-10-5-12-13(18-4-3-17-12)6-11(10)15-7-9-1-2-16-8-9/h1-2,5-6,8,15H,3-4,7,14H2. The molecule has 1 aliphatic heterocycles.